The van der Waals surface area contributed by atoms with Gasteiger partial charge in [-0.15, -0.1) is 17.0 Å². The van der Waals surface area contributed by atoms with E-state index in [1.54, 1.807) is 0 Å². The van der Waals surface area contributed by atoms with Crippen molar-refractivity contribution in [3.8, 4) is 5.75 Å². The quantitative estimate of drug-likeness (QED) is 0.179. The number of fused-ring (bicyclic) bond motifs is 4. The lowest BCUT2D eigenvalue weighted by Gasteiger charge is -2.54. The second-order valence-corrected chi connectivity index (χ2v) is 11.2. The number of nitrogens with zero attached hydrogens (tertiary/aromatic N) is 1. The highest BCUT2D eigenvalue weighted by molar-refractivity contribution is 8.93. The van der Waals surface area contributed by atoms with Crippen LogP contribution in [0.15, 0.2) is 109 Å². The van der Waals surface area contributed by atoms with Crippen LogP contribution in [0.4, 0.5) is 0 Å². The summed E-state index contributed by atoms with van der Waals surface area (Å²) in [6.07, 6.45) is 2.13. The predicted octanol–water partition coefficient (Wildman–Crippen LogP) is 6.90. The number of halogens is 1. The van der Waals surface area contributed by atoms with E-state index in [1.165, 1.54) is 16.7 Å². The number of hydrogen-bond acceptors (Lipinski definition) is 3. The third-order valence-electron chi connectivity index (χ3n) is 9.04. The lowest BCUT2D eigenvalue weighted by molar-refractivity contribution is -0.135. The maximum absolute atomic E-state index is 13.6. The van der Waals surface area contributed by atoms with Crippen molar-refractivity contribution < 1.29 is 15.0 Å². The SMILES string of the molecule is Br.CC1C2Cc3ccc(OC(=O)C(c4ccccc4)c4ccccc4)cc3C1(C)CCN2Cc1ccccc1.O. The molecule has 0 spiro atoms. The van der Waals surface area contributed by atoms with E-state index in [4.69, 9.17) is 4.74 Å². The molecule has 3 unspecified atom stereocenters. The fourth-order valence-electron chi connectivity index (χ4n) is 6.69. The summed E-state index contributed by atoms with van der Waals surface area (Å²) in [6, 6.07) is 37.5. The van der Waals surface area contributed by atoms with Gasteiger partial charge in [0.2, 0.25) is 0 Å². The molecule has 1 saturated heterocycles. The molecular weight excluding hydrogens is 562 g/mol. The molecule has 4 nitrogen and oxygen atoms in total. The van der Waals surface area contributed by atoms with Crippen LogP contribution in [0.2, 0.25) is 0 Å². The molecule has 208 valence electrons. The van der Waals surface area contributed by atoms with Crippen molar-refractivity contribution in [3.05, 3.63) is 137 Å². The van der Waals surface area contributed by atoms with Gasteiger partial charge < -0.3 is 10.2 Å². The first-order valence-electron chi connectivity index (χ1n) is 13.8. The van der Waals surface area contributed by atoms with Crippen molar-refractivity contribution in [2.75, 3.05) is 6.54 Å². The Labute approximate surface area is 248 Å². The average molecular weight is 601 g/mol. The lowest BCUT2D eigenvalue weighted by atomic mass is 9.59. The average Bonchev–Trinajstić information content (AvgIpc) is 2.94. The van der Waals surface area contributed by atoms with Crippen molar-refractivity contribution in [2.45, 2.75) is 50.6 Å². The first kappa shape index (κ1) is 29.7. The minimum Gasteiger partial charge on any atom is -0.426 e. The molecule has 0 amide bonds. The van der Waals surface area contributed by atoms with Crippen molar-refractivity contribution >= 4 is 23.0 Å². The Balaban J connectivity index is 0.00000185. The van der Waals surface area contributed by atoms with Crippen molar-refractivity contribution in [1.82, 2.24) is 4.90 Å². The Morgan fingerprint density at radius 2 is 1.48 bits per heavy atom. The maximum Gasteiger partial charge on any atom is 0.323 e. The first-order chi connectivity index (χ1) is 18.5. The zero-order valence-corrected chi connectivity index (χ0v) is 24.8. The highest BCUT2D eigenvalue weighted by Gasteiger charge is 2.48. The number of likely N-dealkylation sites (tertiary alicyclic amines) is 1. The molecule has 0 radical (unpaired) electrons. The summed E-state index contributed by atoms with van der Waals surface area (Å²) >= 11 is 0. The van der Waals surface area contributed by atoms with Crippen molar-refractivity contribution in [1.29, 1.82) is 0 Å². The van der Waals surface area contributed by atoms with Crippen LogP contribution in [0.25, 0.3) is 0 Å². The Bertz CT molecular complexity index is 1370. The largest absolute Gasteiger partial charge is 0.426 e. The van der Waals surface area contributed by atoms with Gasteiger partial charge in [-0.2, -0.15) is 0 Å². The normalized spacial score (nSPS) is 21.5. The number of carbonyl (C=O) groups is 1. The molecule has 2 bridgehead atoms. The molecule has 0 aromatic heterocycles. The standard InChI is InChI=1S/C35H35NO2.BrH.H2O/c1-25-32-22-29-18-19-30(23-31(29)35(25,2)20-21-36(32)24-26-12-6-3-7-13-26)38-34(37)33(27-14-8-4-9-15-27)28-16-10-5-11-17-28;;/h3-19,23,25,32-33H,20-22,24H2,1-2H3;1H;1H2. The number of hydrogen-bond donors (Lipinski definition) is 0. The van der Waals surface area contributed by atoms with E-state index in [1.807, 2.05) is 66.7 Å². The number of benzene rings is 4. The zero-order chi connectivity index (χ0) is 26.1. The van der Waals surface area contributed by atoms with Gasteiger partial charge in [0.25, 0.3) is 0 Å². The molecule has 1 aliphatic heterocycles. The van der Waals surface area contributed by atoms with E-state index in [0.29, 0.717) is 17.7 Å². The van der Waals surface area contributed by atoms with Crippen LogP contribution in [0.3, 0.4) is 0 Å². The lowest BCUT2D eigenvalue weighted by Crippen LogP contribution is -2.57. The molecule has 1 aliphatic carbocycles. The van der Waals surface area contributed by atoms with Gasteiger partial charge in [0.15, 0.2) is 0 Å². The van der Waals surface area contributed by atoms with Crippen LogP contribution in [0, 0.1) is 5.92 Å². The molecule has 4 aromatic rings. The summed E-state index contributed by atoms with van der Waals surface area (Å²) in [4.78, 5) is 16.3. The third kappa shape index (κ3) is 5.64. The number of rotatable bonds is 6. The van der Waals surface area contributed by atoms with Crippen LogP contribution in [0.5, 0.6) is 5.75 Å². The molecule has 6 rings (SSSR count). The number of esters is 1. The molecule has 4 aromatic carbocycles. The molecule has 1 fully saturated rings. The summed E-state index contributed by atoms with van der Waals surface area (Å²) in [6.45, 7) is 6.89. The molecule has 2 aliphatic rings. The minimum atomic E-state index is -0.464. The van der Waals surface area contributed by atoms with Gasteiger partial charge >= 0.3 is 5.97 Å². The minimum absolute atomic E-state index is 0. The summed E-state index contributed by atoms with van der Waals surface area (Å²) in [5.41, 5.74) is 6.05. The summed E-state index contributed by atoms with van der Waals surface area (Å²) in [7, 11) is 0. The second kappa shape index (κ2) is 12.5. The topological polar surface area (TPSA) is 61.0 Å². The van der Waals surface area contributed by atoms with E-state index in [2.05, 4.69) is 61.2 Å². The monoisotopic (exact) mass is 599 g/mol. The smallest absolute Gasteiger partial charge is 0.323 e. The summed E-state index contributed by atoms with van der Waals surface area (Å²) in [5, 5.41) is 0. The van der Waals surface area contributed by atoms with Gasteiger partial charge in [0, 0.05) is 12.6 Å². The molecule has 3 atom stereocenters. The molecule has 40 heavy (non-hydrogen) atoms. The highest BCUT2D eigenvalue weighted by Crippen LogP contribution is 2.49. The summed E-state index contributed by atoms with van der Waals surface area (Å²) < 4.78 is 6.12. The van der Waals surface area contributed by atoms with Gasteiger partial charge in [-0.3, -0.25) is 9.69 Å². The van der Waals surface area contributed by atoms with Crippen molar-refractivity contribution in [3.63, 3.8) is 0 Å². The number of ether oxygens (including phenoxy) is 1. The van der Waals surface area contributed by atoms with Gasteiger partial charge in [0.1, 0.15) is 11.7 Å². The van der Waals surface area contributed by atoms with E-state index >= 15 is 0 Å². The summed E-state index contributed by atoms with van der Waals surface area (Å²) in [5.74, 6) is 0.449. The first-order valence-corrected chi connectivity index (χ1v) is 13.8. The van der Waals surface area contributed by atoms with E-state index in [0.717, 1.165) is 37.1 Å². The third-order valence-corrected chi connectivity index (χ3v) is 9.04. The Hall–Kier alpha value is -3.25. The molecule has 1 heterocycles. The van der Waals surface area contributed by atoms with Crippen LogP contribution >= 0.6 is 17.0 Å². The number of piperidine rings is 1. The van der Waals surface area contributed by atoms with Gasteiger partial charge in [0.05, 0.1) is 0 Å². The van der Waals surface area contributed by atoms with Crippen LogP contribution in [-0.2, 0) is 23.2 Å². The van der Waals surface area contributed by atoms with Gasteiger partial charge in [-0.1, -0.05) is 111 Å². The predicted molar refractivity (Wildman–Crippen MR) is 166 cm³/mol. The molecule has 2 N–H and O–H groups in total. The second-order valence-electron chi connectivity index (χ2n) is 11.2. The van der Waals surface area contributed by atoms with Crippen LogP contribution in [0.1, 0.15) is 54.0 Å². The van der Waals surface area contributed by atoms with Crippen LogP contribution < -0.4 is 4.74 Å². The Kier molecular flexibility index (Phi) is 9.29. The maximum atomic E-state index is 13.6. The van der Waals surface area contributed by atoms with Gasteiger partial charge in [-0.05, 0) is 70.7 Å². The Morgan fingerprint density at radius 1 is 0.900 bits per heavy atom. The van der Waals surface area contributed by atoms with Gasteiger partial charge in [-0.25, -0.2) is 0 Å². The van der Waals surface area contributed by atoms with Crippen molar-refractivity contribution in [2.24, 2.45) is 5.92 Å². The highest BCUT2D eigenvalue weighted by atomic mass is 79.9. The fraction of sp³-hybridized carbons (Fsp3) is 0.286. The van der Waals surface area contributed by atoms with Crippen LogP contribution in [-0.4, -0.2) is 28.9 Å². The molecule has 0 saturated carbocycles. The molecular formula is C35H38BrNO3. The molecule has 5 heteroatoms. The van der Waals surface area contributed by atoms with E-state index < -0.39 is 5.92 Å². The fourth-order valence-corrected chi connectivity index (χ4v) is 6.69. The van der Waals surface area contributed by atoms with E-state index in [-0.39, 0.29) is 33.8 Å². The Morgan fingerprint density at radius 3 is 2.08 bits per heavy atom. The number of carbonyl (C=O) groups excluding carboxylic acids is 1. The van der Waals surface area contributed by atoms with E-state index in [9.17, 15) is 4.79 Å². The zero-order valence-electron chi connectivity index (χ0n) is 23.1.